The maximum absolute atomic E-state index is 12.0. The zero-order chi connectivity index (χ0) is 16.3. The third-order valence-electron chi connectivity index (χ3n) is 3.60. The molecule has 0 radical (unpaired) electrons. The maximum atomic E-state index is 12.0. The average molecular weight is 305 g/mol. The second kappa shape index (κ2) is 6.25. The number of likely N-dealkylation sites (tertiary alicyclic amines) is 1. The largest absolute Gasteiger partial charge is 0.497 e. The molecule has 0 spiro atoms. The van der Waals surface area contributed by atoms with Crippen LogP contribution in [0.1, 0.15) is 27.2 Å². The first-order valence-corrected chi connectivity index (χ1v) is 7.31. The minimum absolute atomic E-state index is 0.0687. The fourth-order valence-corrected chi connectivity index (χ4v) is 2.51. The van der Waals surface area contributed by atoms with E-state index in [2.05, 4.69) is 10.6 Å². The first-order chi connectivity index (χ1) is 10.3. The topological polar surface area (TPSA) is 70.7 Å². The van der Waals surface area contributed by atoms with Gasteiger partial charge in [-0.25, -0.2) is 4.79 Å². The zero-order valence-electron chi connectivity index (χ0n) is 13.5. The second-order valence-corrected chi connectivity index (χ2v) is 6.41. The highest BCUT2D eigenvalue weighted by molar-refractivity contribution is 5.90. The van der Waals surface area contributed by atoms with E-state index in [-0.39, 0.29) is 23.5 Å². The summed E-state index contributed by atoms with van der Waals surface area (Å²) in [6.07, 6.45) is 0.336. The van der Waals surface area contributed by atoms with Crippen LogP contribution in [0, 0.1) is 0 Å². The number of nitrogens with one attached hydrogen (secondary N) is 2. The minimum atomic E-state index is -0.318. The summed E-state index contributed by atoms with van der Waals surface area (Å²) in [4.78, 5) is 25.8. The molecule has 0 saturated carbocycles. The van der Waals surface area contributed by atoms with E-state index in [1.165, 1.54) is 0 Å². The zero-order valence-corrected chi connectivity index (χ0v) is 13.5. The maximum Gasteiger partial charge on any atom is 0.319 e. The van der Waals surface area contributed by atoms with Gasteiger partial charge in [0.25, 0.3) is 0 Å². The summed E-state index contributed by atoms with van der Waals surface area (Å²) in [6.45, 7) is 6.50. The van der Waals surface area contributed by atoms with Gasteiger partial charge in [0.2, 0.25) is 5.91 Å². The number of nitrogens with zero attached hydrogens (tertiary/aromatic N) is 1. The molecule has 1 fully saturated rings. The fraction of sp³-hybridized carbons (Fsp3) is 0.500. The second-order valence-electron chi connectivity index (χ2n) is 6.41. The lowest BCUT2D eigenvalue weighted by atomic mass is 10.1. The van der Waals surface area contributed by atoms with E-state index in [0.29, 0.717) is 24.4 Å². The normalized spacial score (nSPS) is 18.3. The number of hydrogen-bond acceptors (Lipinski definition) is 3. The molecule has 1 aliphatic heterocycles. The Labute approximate surface area is 130 Å². The van der Waals surface area contributed by atoms with Crippen LogP contribution in [0.5, 0.6) is 5.75 Å². The van der Waals surface area contributed by atoms with Gasteiger partial charge in [0.05, 0.1) is 13.2 Å². The van der Waals surface area contributed by atoms with Gasteiger partial charge >= 0.3 is 6.03 Å². The van der Waals surface area contributed by atoms with Crippen LogP contribution in [0.25, 0.3) is 0 Å². The Morgan fingerprint density at radius 2 is 2.09 bits per heavy atom. The molecule has 6 nitrogen and oxygen atoms in total. The van der Waals surface area contributed by atoms with Crippen LogP contribution in [0.3, 0.4) is 0 Å². The first kappa shape index (κ1) is 16.1. The van der Waals surface area contributed by atoms with E-state index < -0.39 is 0 Å². The molecule has 2 N–H and O–H groups in total. The van der Waals surface area contributed by atoms with Crippen molar-refractivity contribution < 1.29 is 14.3 Å². The highest BCUT2D eigenvalue weighted by Gasteiger charge is 2.36. The average Bonchev–Trinajstić information content (AvgIpc) is 2.79. The number of rotatable bonds is 3. The Morgan fingerprint density at radius 1 is 1.36 bits per heavy atom. The monoisotopic (exact) mass is 305 g/mol. The number of ether oxygens (including phenoxy) is 1. The third-order valence-corrected chi connectivity index (χ3v) is 3.60. The molecular formula is C16H23N3O3. The van der Waals surface area contributed by atoms with Gasteiger partial charge in [-0.15, -0.1) is 0 Å². The third kappa shape index (κ3) is 3.90. The molecular weight excluding hydrogens is 282 g/mol. The summed E-state index contributed by atoms with van der Waals surface area (Å²) >= 11 is 0. The Balaban J connectivity index is 1.91. The van der Waals surface area contributed by atoms with Crippen molar-refractivity contribution in [2.24, 2.45) is 0 Å². The van der Waals surface area contributed by atoms with E-state index in [1.807, 2.05) is 20.8 Å². The smallest absolute Gasteiger partial charge is 0.319 e. The molecule has 1 atom stereocenters. The molecule has 1 heterocycles. The number of amides is 3. The number of carbonyl (C=O) groups is 2. The predicted octanol–water partition coefficient (Wildman–Crippen LogP) is 2.22. The van der Waals surface area contributed by atoms with Crippen molar-refractivity contribution in [3.8, 4) is 5.75 Å². The van der Waals surface area contributed by atoms with Crippen LogP contribution in [0.4, 0.5) is 10.5 Å². The van der Waals surface area contributed by atoms with E-state index in [1.54, 1.807) is 36.3 Å². The standard InChI is InChI=1S/C16H23N3O3/c1-16(2,3)19-10-12(9-14(19)20)18-15(21)17-11-6-5-7-13(8-11)22-4/h5-8,12H,9-10H2,1-4H3,(H2,17,18,21). The van der Waals surface area contributed by atoms with Crippen LogP contribution in [0.15, 0.2) is 24.3 Å². The summed E-state index contributed by atoms with van der Waals surface area (Å²) in [5, 5.41) is 5.60. The van der Waals surface area contributed by atoms with Gasteiger partial charge in [0.15, 0.2) is 0 Å². The lowest BCUT2D eigenvalue weighted by Gasteiger charge is -2.32. The van der Waals surface area contributed by atoms with Gasteiger partial charge < -0.3 is 20.3 Å². The predicted molar refractivity (Wildman–Crippen MR) is 85.0 cm³/mol. The highest BCUT2D eigenvalue weighted by atomic mass is 16.5. The molecule has 1 unspecified atom stereocenters. The summed E-state index contributed by atoms with van der Waals surface area (Å²) in [5.41, 5.74) is 0.422. The van der Waals surface area contributed by atoms with Gasteiger partial charge in [-0.1, -0.05) is 6.07 Å². The van der Waals surface area contributed by atoms with Crippen molar-refractivity contribution in [3.63, 3.8) is 0 Å². The van der Waals surface area contributed by atoms with Gasteiger partial charge in [0, 0.05) is 30.3 Å². The SMILES string of the molecule is COc1cccc(NC(=O)NC2CC(=O)N(C(C)(C)C)C2)c1. The molecule has 2 rings (SSSR count). The Bertz CT molecular complexity index is 566. The van der Waals surface area contributed by atoms with Crippen LogP contribution in [-0.2, 0) is 4.79 Å². The van der Waals surface area contributed by atoms with Crippen molar-refractivity contribution in [1.29, 1.82) is 0 Å². The lowest BCUT2D eigenvalue weighted by molar-refractivity contribution is -0.131. The van der Waals surface area contributed by atoms with Gasteiger partial charge in [-0.3, -0.25) is 4.79 Å². The Morgan fingerprint density at radius 3 is 2.68 bits per heavy atom. The van der Waals surface area contributed by atoms with Crippen LogP contribution in [-0.4, -0.2) is 42.1 Å². The number of anilines is 1. The molecule has 6 heteroatoms. The molecule has 0 aromatic heterocycles. The number of hydrogen-bond donors (Lipinski definition) is 2. The van der Waals surface area contributed by atoms with E-state index >= 15 is 0 Å². The van der Waals surface area contributed by atoms with E-state index in [4.69, 9.17) is 4.74 Å². The van der Waals surface area contributed by atoms with Crippen molar-refractivity contribution in [1.82, 2.24) is 10.2 Å². The molecule has 3 amide bonds. The van der Waals surface area contributed by atoms with Crippen LogP contribution < -0.4 is 15.4 Å². The van der Waals surface area contributed by atoms with Gasteiger partial charge in [0.1, 0.15) is 5.75 Å². The van der Waals surface area contributed by atoms with E-state index in [9.17, 15) is 9.59 Å². The molecule has 0 bridgehead atoms. The minimum Gasteiger partial charge on any atom is -0.497 e. The number of carbonyl (C=O) groups excluding carboxylic acids is 2. The molecule has 0 aliphatic carbocycles. The molecule has 22 heavy (non-hydrogen) atoms. The molecule has 1 saturated heterocycles. The summed E-state index contributed by atoms with van der Waals surface area (Å²) in [6, 6.07) is 6.64. The highest BCUT2D eigenvalue weighted by Crippen LogP contribution is 2.22. The summed E-state index contributed by atoms with van der Waals surface area (Å²) in [5.74, 6) is 0.743. The van der Waals surface area contributed by atoms with Crippen molar-refractivity contribution in [2.75, 3.05) is 19.0 Å². The molecule has 1 aliphatic rings. The van der Waals surface area contributed by atoms with Crippen LogP contribution in [0.2, 0.25) is 0 Å². The molecule has 1 aromatic rings. The van der Waals surface area contributed by atoms with Crippen LogP contribution >= 0.6 is 0 Å². The van der Waals surface area contributed by atoms with Gasteiger partial charge in [-0.2, -0.15) is 0 Å². The van der Waals surface area contributed by atoms with Crippen molar-refractivity contribution >= 4 is 17.6 Å². The summed E-state index contributed by atoms with van der Waals surface area (Å²) in [7, 11) is 1.57. The quantitative estimate of drug-likeness (QED) is 0.899. The molecule has 1 aromatic carbocycles. The van der Waals surface area contributed by atoms with Crippen molar-refractivity contribution in [3.05, 3.63) is 24.3 Å². The van der Waals surface area contributed by atoms with Gasteiger partial charge in [-0.05, 0) is 32.9 Å². The van der Waals surface area contributed by atoms with Crippen molar-refractivity contribution in [2.45, 2.75) is 38.8 Å². The molecule has 120 valence electrons. The Kier molecular flexibility index (Phi) is 4.59. The number of methoxy groups -OCH3 is 1. The fourth-order valence-electron chi connectivity index (χ4n) is 2.51. The lowest BCUT2D eigenvalue weighted by Crippen LogP contribution is -2.45. The first-order valence-electron chi connectivity index (χ1n) is 7.31. The Hall–Kier alpha value is -2.24. The number of benzene rings is 1. The van der Waals surface area contributed by atoms with E-state index in [0.717, 1.165) is 0 Å². The number of urea groups is 1. The summed E-state index contributed by atoms with van der Waals surface area (Å²) < 4.78 is 5.11.